The van der Waals surface area contributed by atoms with Crippen LogP contribution in [-0.2, 0) is 5.54 Å². The maximum Gasteiger partial charge on any atom is 0.125 e. The minimum Gasteiger partial charge on any atom is -0.320 e. The van der Waals surface area contributed by atoms with E-state index in [9.17, 15) is 4.39 Å². The molecule has 4 nitrogen and oxygen atoms in total. The molecule has 2 aromatic rings. The zero-order valence-corrected chi connectivity index (χ0v) is 9.18. The topological polar surface area (TPSA) is 56.7 Å². The zero-order chi connectivity index (χ0) is 11.8. The van der Waals surface area contributed by atoms with Gasteiger partial charge in [-0.15, -0.1) is 5.10 Å². The van der Waals surface area contributed by atoms with Gasteiger partial charge in [0.15, 0.2) is 0 Å². The molecular weight excluding hydrogens is 207 g/mol. The van der Waals surface area contributed by atoms with Gasteiger partial charge in [0.25, 0.3) is 0 Å². The average molecular weight is 220 g/mol. The third-order valence-corrected chi connectivity index (χ3v) is 2.23. The summed E-state index contributed by atoms with van der Waals surface area (Å²) in [6.45, 7) is 3.68. The summed E-state index contributed by atoms with van der Waals surface area (Å²) in [6, 6.07) is 6.15. The van der Waals surface area contributed by atoms with Crippen LogP contribution in [0.5, 0.6) is 0 Å². The summed E-state index contributed by atoms with van der Waals surface area (Å²) in [7, 11) is 0. The van der Waals surface area contributed by atoms with Crippen molar-refractivity contribution in [3.63, 3.8) is 0 Å². The van der Waals surface area contributed by atoms with Crippen LogP contribution in [0.4, 0.5) is 4.39 Å². The van der Waals surface area contributed by atoms with Gasteiger partial charge < -0.3 is 5.73 Å². The van der Waals surface area contributed by atoms with Gasteiger partial charge in [-0.3, -0.25) is 0 Å². The number of rotatable bonds is 2. The molecule has 1 heterocycles. The number of benzene rings is 1. The smallest absolute Gasteiger partial charge is 0.125 e. The Labute approximate surface area is 92.9 Å². The zero-order valence-electron chi connectivity index (χ0n) is 9.18. The second kappa shape index (κ2) is 3.68. The third-order valence-electron chi connectivity index (χ3n) is 2.23. The fourth-order valence-corrected chi connectivity index (χ4v) is 1.30. The van der Waals surface area contributed by atoms with Crippen LogP contribution in [0, 0.1) is 5.82 Å². The first-order valence-corrected chi connectivity index (χ1v) is 4.94. The van der Waals surface area contributed by atoms with Gasteiger partial charge in [0.05, 0.1) is 17.4 Å². The first-order valence-electron chi connectivity index (χ1n) is 4.94. The normalized spacial score (nSPS) is 11.8. The molecule has 0 bridgehead atoms. The summed E-state index contributed by atoms with van der Waals surface area (Å²) in [5.41, 5.74) is 6.63. The van der Waals surface area contributed by atoms with Gasteiger partial charge in [0.2, 0.25) is 0 Å². The number of aromatic nitrogens is 3. The lowest BCUT2D eigenvalue weighted by Crippen LogP contribution is -2.29. The highest BCUT2D eigenvalue weighted by molar-refractivity contribution is 5.31. The van der Waals surface area contributed by atoms with Crippen LogP contribution >= 0.6 is 0 Å². The van der Waals surface area contributed by atoms with Crippen LogP contribution < -0.4 is 5.73 Å². The minimum absolute atomic E-state index is 0.304. The SMILES string of the molecule is CC(C)(N)c1cn(-c2cccc(F)c2)nn1. The number of nitrogens with two attached hydrogens (primary N) is 1. The largest absolute Gasteiger partial charge is 0.320 e. The van der Waals surface area contributed by atoms with Crippen molar-refractivity contribution in [1.29, 1.82) is 0 Å². The fraction of sp³-hybridized carbons (Fsp3) is 0.273. The Bertz CT molecular complexity index is 499. The highest BCUT2D eigenvalue weighted by atomic mass is 19.1. The minimum atomic E-state index is -0.550. The Morgan fingerprint density at radius 1 is 1.38 bits per heavy atom. The summed E-state index contributed by atoms with van der Waals surface area (Å²) in [6.07, 6.45) is 1.70. The lowest BCUT2D eigenvalue weighted by molar-refractivity contribution is 0.533. The monoisotopic (exact) mass is 220 g/mol. The Hall–Kier alpha value is -1.75. The summed E-state index contributed by atoms with van der Waals surface area (Å²) >= 11 is 0. The molecule has 0 saturated carbocycles. The Morgan fingerprint density at radius 2 is 2.12 bits per heavy atom. The van der Waals surface area contributed by atoms with Gasteiger partial charge >= 0.3 is 0 Å². The standard InChI is InChI=1S/C11H13FN4/c1-11(2,13)10-7-16(15-14-10)9-5-3-4-8(12)6-9/h3-7H,13H2,1-2H3. The van der Waals surface area contributed by atoms with Gasteiger partial charge in [-0.25, -0.2) is 9.07 Å². The molecule has 16 heavy (non-hydrogen) atoms. The van der Waals surface area contributed by atoms with Crippen molar-refractivity contribution in [1.82, 2.24) is 15.0 Å². The van der Waals surface area contributed by atoms with E-state index >= 15 is 0 Å². The lowest BCUT2D eigenvalue weighted by atomic mass is 10.0. The molecule has 1 aromatic heterocycles. The van der Waals surface area contributed by atoms with E-state index in [2.05, 4.69) is 10.3 Å². The van der Waals surface area contributed by atoms with Crippen molar-refractivity contribution in [3.05, 3.63) is 42.0 Å². The van der Waals surface area contributed by atoms with E-state index in [1.54, 1.807) is 18.3 Å². The third kappa shape index (κ3) is 2.09. The molecular formula is C11H13FN4. The molecule has 1 aromatic carbocycles. The van der Waals surface area contributed by atoms with Crippen molar-refractivity contribution in [3.8, 4) is 5.69 Å². The van der Waals surface area contributed by atoms with Crippen molar-refractivity contribution in [2.24, 2.45) is 5.73 Å². The maximum absolute atomic E-state index is 13.0. The number of halogens is 1. The van der Waals surface area contributed by atoms with E-state index < -0.39 is 5.54 Å². The summed E-state index contributed by atoms with van der Waals surface area (Å²) in [5, 5.41) is 7.87. The Morgan fingerprint density at radius 3 is 2.69 bits per heavy atom. The molecule has 2 N–H and O–H groups in total. The molecule has 0 unspecified atom stereocenters. The molecule has 0 amide bonds. The van der Waals surface area contributed by atoms with Gasteiger partial charge in [-0.2, -0.15) is 0 Å². The second-order valence-electron chi connectivity index (χ2n) is 4.25. The fourth-order valence-electron chi connectivity index (χ4n) is 1.30. The highest BCUT2D eigenvalue weighted by Crippen LogP contribution is 2.15. The highest BCUT2D eigenvalue weighted by Gasteiger charge is 2.18. The molecule has 0 radical (unpaired) electrons. The van der Waals surface area contributed by atoms with Gasteiger partial charge in [-0.05, 0) is 32.0 Å². The van der Waals surface area contributed by atoms with Gasteiger partial charge in [-0.1, -0.05) is 11.3 Å². The molecule has 2 rings (SSSR count). The van der Waals surface area contributed by atoms with E-state index in [1.807, 2.05) is 13.8 Å². The molecule has 84 valence electrons. The Kier molecular flexibility index (Phi) is 2.47. The molecule has 0 aliphatic rings. The first kappa shape index (κ1) is 10.8. The predicted octanol–water partition coefficient (Wildman–Crippen LogP) is 1.60. The molecule has 0 atom stereocenters. The molecule has 0 aliphatic carbocycles. The van der Waals surface area contributed by atoms with Gasteiger partial charge in [0, 0.05) is 0 Å². The summed E-state index contributed by atoms with van der Waals surface area (Å²) < 4.78 is 14.5. The maximum atomic E-state index is 13.0. The molecule has 0 fully saturated rings. The van der Waals surface area contributed by atoms with Crippen molar-refractivity contribution in [2.45, 2.75) is 19.4 Å². The summed E-state index contributed by atoms with van der Waals surface area (Å²) in [5.74, 6) is -0.304. The number of nitrogens with zero attached hydrogens (tertiary/aromatic N) is 3. The van der Waals surface area contributed by atoms with E-state index in [4.69, 9.17) is 5.73 Å². The lowest BCUT2D eigenvalue weighted by Gasteiger charge is -2.13. The van der Waals surface area contributed by atoms with Gasteiger partial charge in [0.1, 0.15) is 11.5 Å². The first-order chi connectivity index (χ1) is 7.47. The van der Waals surface area contributed by atoms with Crippen LogP contribution in [-0.4, -0.2) is 15.0 Å². The molecule has 0 aliphatic heterocycles. The molecule has 0 saturated heterocycles. The van der Waals surface area contributed by atoms with Crippen LogP contribution in [0.3, 0.4) is 0 Å². The number of hydrogen-bond acceptors (Lipinski definition) is 3. The van der Waals surface area contributed by atoms with Crippen molar-refractivity contribution >= 4 is 0 Å². The molecule has 5 heteroatoms. The van der Waals surface area contributed by atoms with E-state index in [0.717, 1.165) is 0 Å². The Balaban J connectivity index is 2.39. The van der Waals surface area contributed by atoms with E-state index in [1.165, 1.54) is 16.8 Å². The van der Waals surface area contributed by atoms with E-state index in [0.29, 0.717) is 11.4 Å². The van der Waals surface area contributed by atoms with Crippen LogP contribution in [0.25, 0.3) is 5.69 Å². The second-order valence-corrected chi connectivity index (χ2v) is 4.25. The number of hydrogen-bond donors (Lipinski definition) is 1. The van der Waals surface area contributed by atoms with Crippen molar-refractivity contribution in [2.75, 3.05) is 0 Å². The molecule has 0 spiro atoms. The van der Waals surface area contributed by atoms with E-state index in [-0.39, 0.29) is 5.82 Å². The average Bonchev–Trinajstić information content (AvgIpc) is 2.65. The van der Waals surface area contributed by atoms with Crippen LogP contribution in [0.2, 0.25) is 0 Å². The predicted molar refractivity (Wildman–Crippen MR) is 58.5 cm³/mol. The van der Waals surface area contributed by atoms with Crippen LogP contribution in [0.1, 0.15) is 19.5 Å². The quantitative estimate of drug-likeness (QED) is 0.836. The summed E-state index contributed by atoms with van der Waals surface area (Å²) in [4.78, 5) is 0. The van der Waals surface area contributed by atoms with Crippen LogP contribution in [0.15, 0.2) is 30.5 Å². The van der Waals surface area contributed by atoms with Crippen molar-refractivity contribution < 1.29 is 4.39 Å².